The number of halogens is 3. The Bertz CT molecular complexity index is 1330. The van der Waals surface area contributed by atoms with E-state index in [2.05, 4.69) is 21.3 Å². The third-order valence-electron chi connectivity index (χ3n) is 6.07. The molecule has 0 saturated heterocycles. The third kappa shape index (κ3) is 5.07. The van der Waals surface area contributed by atoms with Gasteiger partial charge < -0.3 is 10.6 Å². The molecule has 0 fully saturated rings. The Balaban J connectivity index is 1.62. The summed E-state index contributed by atoms with van der Waals surface area (Å²) >= 11 is 0. The van der Waals surface area contributed by atoms with Gasteiger partial charge in [-0.1, -0.05) is 6.07 Å². The standard InChI is InChI=1S/C25H28F3N7O/c1-15-6-7-18(24(36)31-20-9-17(12-29-3)8-19(11-20)25(26,27)28)10-22(15)35-14-23(34(5)32-35)21-13-30-33(4)16(21)2/h6-11,13-14,29,32H,12H2,1-5H3,(H,31,36). The van der Waals surface area contributed by atoms with Crippen molar-refractivity contribution in [3.8, 4) is 0 Å². The number of anilines is 2. The molecule has 1 amide bonds. The van der Waals surface area contributed by atoms with Gasteiger partial charge in [0.2, 0.25) is 0 Å². The van der Waals surface area contributed by atoms with Crippen LogP contribution in [0.15, 0.2) is 48.8 Å². The zero-order chi connectivity index (χ0) is 26.2. The molecule has 0 radical (unpaired) electrons. The second-order valence-electron chi connectivity index (χ2n) is 8.71. The summed E-state index contributed by atoms with van der Waals surface area (Å²) in [5, 5.41) is 13.4. The summed E-state index contributed by atoms with van der Waals surface area (Å²) in [5.74, 6) is -0.508. The molecule has 3 N–H and O–H groups in total. The van der Waals surface area contributed by atoms with Crippen molar-refractivity contribution in [3.05, 3.63) is 82.3 Å². The molecule has 2 aromatic carbocycles. The van der Waals surface area contributed by atoms with E-state index in [0.29, 0.717) is 11.1 Å². The first kappa shape index (κ1) is 25.3. The third-order valence-corrected chi connectivity index (χ3v) is 6.07. The Labute approximate surface area is 207 Å². The summed E-state index contributed by atoms with van der Waals surface area (Å²) < 4.78 is 41.9. The van der Waals surface area contributed by atoms with Crippen LogP contribution in [0.25, 0.3) is 5.70 Å². The van der Waals surface area contributed by atoms with E-state index >= 15 is 0 Å². The van der Waals surface area contributed by atoms with Gasteiger partial charge in [-0.2, -0.15) is 18.3 Å². The van der Waals surface area contributed by atoms with E-state index in [9.17, 15) is 18.0 Å². The van der Waals surface area contributed by atoms with Gasteiger partial charge in [0.25, 0.3) is 5.91 Å². The van der Waals surface area contributed by atoms with Crippen LogP contribution in [0.5, 0.6) is 0 Å². The number of nitrogens with zero attached hydrogens (tertiary/aromatic N) is 4. The van der Waals surface area contributed by atoms with Gasteiger partial charge >= 0.3 is 6.18 Å². The maximum absolute atomic E-state index is 13.4. The average Bonchev–Trinajstić information content (AvgIpc) is 3.35. The van der Waals surface area contributed by atoms with E-state index in [1.165, 1.54) is 6.07 Å². The molecule has 1 aromatic heterocycles. The molecule has 0 aliphatic carbocycles. The average molecular weight is 500 g/mol. The molecule has 1 aliphatic rings. The summed E-state index contributed by atoms with van der Waals surface area (Å²) in [4.78, 5) is 13.0. The summed E-state index contributed by atoms with van der Waals surface area (Å²) in [7, 11) is 5.39. The molecule has 11 heteroatoms. The maximum atomic E-state index is 13.4. The summed E-state index contributed by atoms with van der Waals surface area (Å²) in [6.45, 7) is 4.13. The van der Waals surface area contributed by atoms with Gasteiger partial charge in [-0.3, -0.25) is 19.5 Å². The second-order valence-corrected chi connectivity index (χ2v) is 8.71. The molecule has 0 unspecified atom stereocenters. The predicted octanol–water partition coefficient (Wildman–Crippen LogP) is 4.20. The molecule has 190 valence electrons. The van der Waals surface area contributed by atoms with Crippen molar-refractivity contribution in [2.45, 2.75) is 26.6 Å². The van der Waals surface area contributed by atoms with E-state index in [1.807, 2.05) is 39.2 Å². The Kier molecular flexibility index (Phi) is 6.79. The van der Waals surface area contributed by atoms with Crippen molar-refractivity contribution in [3.63, 3.8) is 0 Å². The molecule has 0 atom stereocenters. The van der Waals surface area contributed by atoms with Gasteiger partial charge in [0.15, 0.2) is 0 Å². The molecule has 0 spiro atoms. The van der Waals surface area contributed by atoms with E-state index in [4.69, 9.17) is 0 Å². The number of carbonyl (C=O) groups is 1. The number of carbonyl (C=O) groups excluding carboxylic acids is 1. The summed E-state index contributed by atoms with van der Waals surface area (Å²) in [6.07, 6.45) is -0.827. The first-order chi connectivity index (χ1) is 17.0. The van der Waals surface area contributed by atoms with Gasteiger partial charge in [-0.05, 0) is 62.4 Å². The SMILES string of the molecule is CNCc1cc(NC(=O)c2ccc(C)c(N3C=C(c4cnn(C)c4C)N(C)N3)c2)cc(C(F)(F)F)c1. The van der Waals surface area contributed by atoms with Gasteiger partial charge in [-0.25, -0.2) is 0 Å². The number of aryl methyl sites for hydroxylation is 2. The van der Waals surface area contributed by atoms with Crippen LogP contribution >= 0.6 is 0 Å². The minimum atomic E-state index is -4.52. The number of aromatic nitrogens is 2. The number of rotatable bonds is 6. The number of benzene rings is 2. The van der Waals surface area contributed by atoms with Gasteiger partial charge in [0, 0.05) is 49.3 Å². The molecule has 2 heterocycles. The summed E-state index contributed by atoms with van der Waals surface area (Å²) in [5.41, 5.74) is 7.72. The van der Waals surface area contributed by atoms with Gasteiger partial charge in [0.05, 0.1) is 23.1 Å². The normalized spacial score (nSPS) is 13.8. The van der Waals surface area contributed by atoms with Crippen molar-refractivity contribution in [2.75, 3.05) is 24.4 Å². The lowest BCUT2D eigenvalue weighted by Gasteiger charge is -2.22. The Morgan fingerprint density at radius 1 is 1.11 bits per heavy atom. The van der Waals surface area contributed by atoms with E-state index in [-0.39, 0.29) is 12.2 Å². The van der Waals surface area contributed by atoms with Crippen molar-refractivity contribution in [2.24, 2.45) is 7.05 Å². The van der Waals surface area contributed by atoms with Crippen molar-refractivity contribution in [1.82, 2.24) is 25.6 Å². The molecule has 0 bridgehead atoms. The number of amides is 1. The van der Waals surface area contributed by atoms with Crippen molar-refractivity contribution < 1.29 is 18.0 Å². The Morgan fingerprint density at radius 2 is 1.86 bits per heavy atom. The number of hydrogen-bond donors (Lipinski definition) is 3. The lowest BCUT2D eigenvalue weighted by atomic mass is 10.1. The van der Waals surface area contributed by atoms with Gasteiger partial charge in [-0.15, -0.1) is 5.53 Å². The summed E-state index contributed by atoms with van der Waals surface area (Å²) in [6, 6.07) is 8.68. The molecule has 4 rings (SSSR count). The zero-order valence-electron chi connectivity index (χ0n) is 20.7. The van der Waals surface area contributed by atoms with Crippen LogP contribution < -0.4 is 21.2 Å². The van der Waals surface area contributed by atoms with Crippen molar-refractivity contribution in [1.29, 1.82) is 0 Å². The number of alkyl halides is 3. The quantitative estimate of drug-likeness (QED) is 0.472. The fourth-order valence-electron chi connectivity index (χ4n) is 4.02. The van der Waals surface area contributed by atoms with E-state index in [0.717, 1.165) is 40.3 Å². The molecule has 1 aliphatic heterocycles. The molecule has 0 saturated carbocycles. The monoisotopic (exact) mass is 499 g/mol. The highest BCUT2D eigenvalue weighted by Gasteiger charge is 2.31. The number of nitrogens with one attached hydrogen (secondary N) is 3. The molecular weight excluding hydrogens is 471 g/mol. The predicted molar refractivity (Wildman–Crippen MR) is 133 cm³/mol. The Hall–Kier alpha value is -3.83. The van der Waals surface area contributed by atoms with Crippen LogP contribution in [0.3, 0.4) is 0 Å². The van der Waals surface area contributed by atoms with Crippen LogP contribution in [0.1, 0.15) is 38.3 Å². The van der Waals surface area contributed by atoms with Crippen LogP contribution in [0, 0.1) is 13.8 Å². The highest BCUT2D eigenvalue weighted by molar-refractivity contribution is 6.05. The molecular formula is C25H28F3N7O. The maximum Gasteiger partial charge on any atom is 0.416 e. The highest BCUT2D eigenvalue weighted by atomic mass is 19.4. The molecule has 3 aromatic rings. The van der Waals surface area contributed by atoms with Crippen molar-refractivity contribution >= 4 is 23.0 Å². The highest BCUT2D eigenvalue weighted by Crippen LogP contribution is 2.33. The topological polar surface area (TPSA) is 77.5 Å². The fraction of sp³-hybridized carbons (Fsp3) is 0.280. The minimum Gasteiger partial charge on any atom is -0.322 e. The van der Waals surface area contributed by atoms with E-state index in [1.54, 1.807) is 41.1 Å². The first-order valence-corrected chi connectivity index (χ1v) is 11.3. The second kappa shape index (κ2) is 9.67. The minimum absolute atomic E-state index is 0.0791. The van der Waals surface area contributed by atoms with Gasteiger partial charge in [0.1, 0.15) is 0 Å². The smallest absolute Gasteiger partial charge is 0.322 e. The molecule has 36 heavy (non-hydrogen) atoms. The Morgan fingerprint density at radius 3 is 2.50 bits per heavy atom. The van der Waals surface area contributed by atoms with Crippen LogP contribution in [-0.4, -0.2) is 34.8 Å². The fourth-order valence-corrected chi connectivity index (χ4v) is 4.02. The largest absolute Gasteiger partial charge is 0.416 e. The lowest BCUT2D eigenvalue weighted by Crippen LogP contribution is -2.38. The number of hydrazine groups is 2. The first-order valence-electron chi connectivity index (χ1n) is 11.3. The van der Waals surface area contributed by atoms with E-state index < -0.39 is 17.6 Å². The van der Waals surface area contributed by atoms with Crippen LogP contribution in [-0.2, 0) is 19.8 Å². The lowest BCUT2D eigenvalue weighted by molar-refractivity contribution is -0.137. The van der Waals surface area contributed by atoms with Crippen LogP contribution in [0.4, 0.5) is 24.5 Å². The molecule has 8 nitrogen and oxygen atoms in total. The van der Waals surface area contributed by atoms with Crippen LogP contribution in [0.2, 0.25) is 0 Å². The zero-order valence-corrected chi connectivity index (χ0v) is 20.7. The number of hydrogen-bond acceptors (Lipinski definition) is 6.